The smallest absolute Gasteiger partial charge is 0.390 e. The first kappa shape index (κ1) is 18.0. The highest BCUT2D eigenvalue weighted by molar-refractivity contribution is 5.85. The van der Waals surface area contributed by atoms with Crippen LogP contribution >= 0.6 is 0 Å². The average molecular weight is 382 g/mol. The molecule has 2 heterocycles. The quantitative estimate of drug-likeness (QED) is 0.622. The van der Waals surface area contributed by atoms with E-state index in [4.69, 9.17) is 5.11 Å². The summed E-state index contributed by atoms with van der Waals surface area (Å²) in [6.45, 7) is 0.143. The molecule has 0 radical (unpaired) electrons. The maximum Gasteiger partial charge on any atom is 0.419 e. The van der Waals surface area contributed by atoms with Gasteiger partial charge in [0.15, 0.2) is 0 Å². The van der Waals surface area contributed by atoms with E-state index in [9.17, 15) is 17.6 Å². The highest BCUT2D eigenvalue weighted by Gasteiger charge is 2.42. The fraction of sp³-hybridized carbons (Fsp3) is 0.389. The van der Waals surface area contributed by atoms with Crippen molar-refractivity contribution in [1.82, 2.24) is 10.1 Å². The van der Waals surface area contributed by atoms with Gasteiger partial charge in [-0.2, -0.15) is 17.6 Å². The molecule has 1 saturated carbocycles. The van der Waals surface area contributed by atoms with Crippen molar-refractivity contribution in [1.29, 1.82) is 0 Å². The number of benzene rings is 1. The Balaban J connectivity index is 1.86. The summed E-state index contributed by atoms with van der Waals surface area (Å²) in [7, 11) is 1.65. The van der Waals surface area contributed by atoms with Crippen LogP contribution in [0.3, 0.4) is 0 Å². The van der Waals surface area contributed by atoms with Gasteiger partial charge in [-0.15, -0.1) is 5.12 Å². The molecular weight excluding hydrogens is 364 g/mol. The lowest BCUT2D eigenvalue weighted by Gasteiger charge is -2.25. The highest BCUT2D eigenvalue weighted by Crippen LogP contribution is 2.49. The summed E-state index contributed by atoms with van der Waals surface area (Å²) in [6, 6.07) is 5.37. The number of nitrogens with one attached hydrogen (secondary N) is 1. The zero-order chi connectivity index (χ0) is 19.3. The summed E-state index contributed by atoms with van der Waals surface area (Å²) in [4.78, 5) is 3.54. The Kier molecular flexibility index (Phi) is 4.23. The second kappa shape index (κ2) is 6.35. The lowest BCUT2D eigenvalue weighted by atomic mass is 9.97. The van der Waals surface area contributed by atoms with Gasteiger partial charge in [0.2, 0.25) is 5.95 Å². The Morgan fingerprint density at radius 1 is 1.19 bits per heavy atom. The number of anilines is 2. The Hall–Kier alpha value is -2.39. The van der Waals surface area contributed by atoms with Gasteiger partial charge in [0.05, 0.1) is 29.2 Å². The third-order valence-electron chi connectivity index (χ3n) is 4.87. The predicted octanol–water partition coefficient (Wildman–Crippen LogP) is 3.80. The molecule has 27 heavy (non-hydrogen) atoms. The van der Waals surface area contributed by atoms with Crippen molar-refractivity contribution in [2.45, 2.75) is 25.6 Å². The second-order valence-electron chi connectivity index (χ2n) is 6.84. The normalized spacial score (nSPS) is 17.2. The van der Waals surface area contributed by atoms with Gasteiger partial charge in [0.25, 0.3) is 0 Å². The molecule has 0 spiro atoms. The minimum Gasteiger partial charge on any atom is -0.390 e. The van der Waals surface area contributed by atoms with E-state index >= 15 is 0 Å². The number of hydrogen-bond acceptors (Lipinski definition) is 5. The third kappa shape index (κ3) is 3.21. The minimum atomic E-state index is -4.69. The highest BCUT2D eigenvalue weighted by atomic mass is 19.4. The predicted molar refractivity (Wildman–Crippen MR) is 92.0 cm³/mol. The van der Waals surface area contributed by atoms with Gasteiger partial charge in [-0.25, -0.2) is 4.98 Å². The first-order valence-electron chi connectivity index (χ1n) is 8.58. The van der Waals surface area contributed by atoms with Crippen LogP contribution in [0.15, 0.2) is 24.3 Å². The summed E-state index contributed by atoms with van der Waals surface area (Å²) < 4.78 is 56.2. The number of halogens is 4. The summed E-state index contributed by atoms with van der Waals surface area (Å²) in [6.07, 6.45) is -2.55. The van der Waals surface area contributed by atoms with E-state index in [1.165, 1.54) is 23.3 Å². The molecule has 1 aromatic heterocycles. The van der Waals surface area contributed by atoms with Gasteiger partial charge in [-0.1, -0.05) is 6.07 Å². The molecule has 9 heteroatoms. The van der Waals surface area contributed by atoms with Crippen molar-refractivity contribution in [3.8, 4) is 11.1 Å². The Morgan fingerprint density at radius 2 is 1.89 bits per heavy atom. The van der Waals surface area contributed by atoms with Crippen molar-refractivity contribution in [3.63, 3.8) is 0 Å². The number of hydrazine groups is 2. The van der Waals surface area contributed by atoms with E-state index in [1.807, 2.05) is 0 Å². The molecule has 0 atom stereocenters. The van der Waals surface area contributed by atoms with E-state index < -0.39 is 24.3 Å². The fourth-order valence-electron chi connectivity index (χ4n) is 3.35. The number of aromatic nitrogens is 1. The number of aliphatic hydroxyl groups excluding tert-OH is 1. The number of alkyl halides is 3. The Morgan fingerprint density at radius 3 is 2.48 bits per heavy atom. The molecule has 1 aliphatic heterocycles. The molecule has 2 aromatic rings. The zero-order valence-electron chi connectivity index (χ0n) is 14.5. The van der Waals surface area contributed by atoms with Crippen LogP contribution < -0.4 is 10.4 Å². The zero-order valence-corrected chi connectivity index (χ0v) is 14.5. The molecule has 1 aromatic carbocycles. The van der Waals surface area contributed by atoms with E-state index in [2.05, 4.69) is 10.4 Å². The summed E-state index contributed by atoms with van der Waals surface area (Å²) in [5, 5.41) is 12.3. The molecule has 0 amide bonds. The Bertz CT molecular complexity index is 882. The number of rotatable bonds is 4. The van der Waals surface area contributed by atoms with Gasteiger partial charge in [0, 0.05) is 24.7 Å². The van der Waals surface area contributed by atoms with Gasteiger partial charge >= 0.3 is 6.18 Å². The SMILES string of the molecule is CN1Nc2c(ccc(-c3ccc(CO)nc3F)c2C(F)(F)F)N1CC1CC1. The van der Waals surface area contributed by atoms with E-state index in [1.54, 1.807) is 18.1 Å². The molecule has 5 nitrogen and oxygen atoms in total. The lowest BCUT2D eigenvalue weighted by molar-refractivity contribution is -0.136. The summed E-state index contributed by atoms with van der Waals surface area (Å²) in [5.41, 5.74) is 1.68. The van der Waals surface area contributed by atoms with Crippen molar-refractivity contribution >= 4 is 11.4 Å². The molecule has 1 fully saturated rings. The van der Waals surface area contributed by atoms with Gasteiger partial charge < -0.3 is 5.11 Å². The molecule has 4 rings (SSSR count). The molecule has 0 saturated heterocycles. The maximum absolute atomic E-state index is 14.3. The lowest BCUT2D eigenvalue weighted by Crippen LogP contribution is -2.39. The van der Waals surface area contributed by atoms with Gasteiger partial charge in [-0.3, -0.25) is 10.4 Å². The van der Waals surface area contributed by atoms with Crippen LogP contribution in [-0.4, -0.2) is 28.8 Å². The topological polar surface area (TPSA) is 51.6 Å². The number of nitrogens with zero attached hydrogens (tertiary/aromatic N) is 3. The number of fused-ring (bicyclic) bond motifs is 1. The van der Waals surface area contributed by atoms with Crippen LogP contribution in [0, 0.1) is 11.9 Å². The first-order valence-corrected chi connectivity index (χ1v) is 8.58. The van der Waals surface area contributed by atoms with E-state index in [-0.39, 0.29) is 22.5 Å². The number of aliphatic hydroxyl groups is 1. The van der Waals surface area contributed by atoms with Crippen LogP contribution in [-0.2, 0) is 12.8 Å². The minimum absolute atomic E-state index is 0.0550. The molecular formula is C18H18F4N4O. The van der Waals surface area contributed by atoms with Crippen LogP contribution in [0.2, 0.25) is 0 Å². The fourth-order valence-corrected chi connectivity index (χ4v) is 3.35. The van der Waals surface area contributed by atoms with Gasteiger partial charge in [0.1, 0.15) is 0 Å². The van der Waals surface area contributed by atoms with Crippen LogP contribution in [0.5, 0.6) is 0 Å². The third-order valence-corrected chi connectivity index (χ3v) is 4.87. The molecule has 2 N–H and O–H groups in total. The largest absolute Gasteiger partial charge is 0.419 e. The monoisotopic (exact) mass is 382 g/mol. The van der Waals surface area contributed by atoms with E-state index in [0.29, 0.717) is 18.2 Å². The number of pyridine rings is 1. The van der Waals surface area contributed by atoms with Gasteiger partial charge in [-0.05, 0) is 37.0 Å². The van der Waals surface area contributed by atoms with E-state index in [0.717, 1.165) is 12.8 Å². The van der Waals surface area contributed by atoms with Crippen LogP contribution in [0.1, 0.15) is 24.1 Å². The van der Waals surface area contributed by atoms with Crippen molar-refractivity contribution < 1.29 is 22.7 Å². The summed E-state index contributed by atoms with van der Waals surface area (Å²) >= 11 is 0. The van der Waals surface area contributed by atoms with Crippen molar-refractivity contribution in [2.24, 2.45) is 5.92 Å². The molecule has 144 valence electrons. The molecule has 2 aliphatic rings. The average Bonchev–Trinajstić information content (AvgIpc) is 3.37. The van der Waals surface area contributed by atoms with Crippen LogP contribution in [0.25, 0.3) is 11.1 Å². The molecule has 0 unspecified atom stereocenters. The number of hydrogen-bond donors (Lipinski definition) is 2. The summed E-state index contributed by atoms with van der Waals surface area (Å²) in [5.74, 6) is -0.574. The molecule has 1 aliphatic carbocycles. The maximum atomic E-state index is 14.3. The van der Waals surface area contributed by atoms with Crippen molar-refractivity contribution in [2.75, 3.05) is 24.0 Å². The standard InChI is InChI=1S/C18H18F4N4O/c1-25-24-16-14(26(25)8-10-2-3-10)7-6-12(15(16)18(20,21)22)13-5-4-11(9-27)23-17(13)19/h4-7,10,24,27H,2-3,8-9H2,1H3. The van der Waals surface area contributed by atoms with Crippen LogP contribution in [0.4, 0.5) is 28.9 Å². The van der Waals surface area contributed by atoms with Crippen molar-refractivity contribution in [3.05, 3.63) is 41.5 Å². The Labute approximate surface area is 153 Å². The second-order valence-corrected chi connectivity index (χ2v) is 6.84. The first-order chi connectivity index (χ1) is 12.8. The molecule has 0 bridgehead atoms.